The van der Waals surface area contributed by atoms with Gasteiger partial charge < -0.3 is 59.7 Å². The number of ether oxygens (including phenoxy) is 4. The van der Waals surface area contributed by atoms with Crippen molar-refractivity contribution in [2.45, 2.75) is 306 Å². The predicted octanol–water partition coefficient (Wildman–Crippen LogP) is 11.8. The Morgan fingerprint density at radius 1 is 0.620 bits per heavy atom. The average molecular weight is 1120 g/mol. The van der Waals surface area contributed by atoms with Gasteiger partial charge in [-0.1, -0.05) is 262 Å². The highest BCUT2D eigenvalue weighted by atomic mass is 16.8. The van der Waals surface area contributed by atoms with Crippen molar-refractivity contribution in [3.05, 3.63) is 35.9 Å². The van der Waals surface area contributed by atoms with Crippen LogP contribution in [0.15, 0.2) is 30.3 Å². The van der Waals surface area contributed by atoms with Crippen molar-refractivity contribution in [2.75, 3.05) is 26.9 Å². The molecular weight excluding hydrogens is 1010 g/mol. The number of hydrogen-bond donors (Lipinski definition) is 7. The molecule has 0 radical (unpaired) electrons. The number of ketones is 1. The molecule has 1 heterocycles. The van der Waals surface area contributed by atoms with Crippen LogP contribution < -0.4 is 5.32 Å². The summed E-state index contributed by atoms with van der Waals surface area (Å²) in [6.07, 6.45) is 26.9. The molecule has 0 bridgehead atoms. The molecule has 79 heavy (non-hydrogen) atoms. The molecule has 17 heteroatoms. The number of alkyl carbamates (subject to hydrolysis) is 1. The zero-order valence-corrected chi connectivity index (χ0v) is 49.2. The zero-order chi connectivity index (χ0) is 57.8. The van der Waals surface area contributed by atoms with E-state index in [1.807, 2.05) is 0 Å². The van der Waals surface area contributed by atoms with E-state index in [4.69, 9.17) is 23.8 Å². The Hall–Kier alpha value is -3.42. The van der Waals surface area contributed by atoms with Gasteiger partial charge in [-0.2, -0.15) is 0 Å². The minimum absolute atomic E-state index is 0.0989. The maximum Gasteiger partial charge on any atom is 0.443 e. The Bertz CT molecular complexity index is 1680. The number of nitrogens with zero attached hydrogens (tertiary/aromatic N) is 1. The first-order chi connectivity index (χ1) is 38.3. The lowest BCUT2D eigenvalue weighted by atomic mass is 9.80. The van der Waals surface area contributed by atoms with E-state index in [1.165, 1.54) is 148 Å². The van der Waals surface area contributed by atoms with Crippen molar-refractivity contribution in [1.29, 1.82) is 0 Å². The van der Waals surface area contributed by atoms with Crippen LogP contribution in [0.5, 0.6) is 0 Å². The van der Waals surface area contributed by atoms with Gasteiger partial charge >= 0.3 is 18.2 Å². The van der Waals surface area contributed by atoms with Crippen LogP contribution >= 0.6 is 0 Å². The second-order valence-corrected chi connectivity index (χ2v) is 22.2. The van der Waals surface area contributed by atoms with Crippen LogP contribution in [-0.2, 0) is 40.0 Å². The number of hydroxylamine groups is 2. The van der Waals surface area contributed by atoms with E-state index in [1.54, 1.807) is 30.3 Å². The Morgan fingerprint density at radius 3 is 1.48 bits per heavy atom. The summed E-state index contributed by atoms with van der Waals surface area (Å²) in [7, 11) is 0.968. The number of carbonyl (C=O) groups excluding carboxylic acids is 4. The lowest BCUT2D eigenvalue weighted by molar-refractivity contribution is -0.309. The number of benzene rings is 1. The summed E-state index contributed by atoms with van der Waals surface area (Å²) in [4.78, 5) is 59.2. The third kappa shape index (κ3) is 31.6. The van der Waals surface area contributed by atoms with Crippen LogP contribution in [-0.4, -0.2) is 135 Å². The summed E-state index contributed by atoms with van der Waals surface area (Å²) in [6.45, 7) is 1.84. The van der Waals surface area contributed by atoms with Crippen molar-refractivity contribution < 1.29 is 73.6 Å². The van der Waals surface area contributed by atoms with Gasteiger partial charge in [0, 0.05) is 6.42 Å². The van der Waals surface area contributed by atoms with Gasteiger partial charge in [-0.15, -0.1) is 5.06 Å². The van der Waals surface area contributed by atoms with E-state index in [9.17, 15) is 49.8 Å². The van der Waals surface area contributed by atoms with Crippen LogP contribution in [0.4, 0.5) is 9.59 Å². The quantitative estimate of drug-likeness (QED) is 0.0237. The number of aliphatic hydroxyl groups is 6. The lowest BCUT2D eigenvalue weighted by Gasteiger charge is -2.42. The highest BCUT2D eigenvalue weighted by molar-refractivity contribution is 5.88. The zero-order valence-electron chi connectivity index (χ0n) is 49.2. The van der Waals surface area contributed by atoms with Crippen molar-refractivity contribution in [1.82, 2.24) is 10.4 Å². The molecule has 1 aromatic carbocycles. The molecule has 1 fully saturated rings. The fourth-order valence-corrected chi connectivity index (χ4v) is 10.4. The van der Waals surface area contributed by atoms with Gasteiger partial charge in [0.15, 0.2) is 17.7 Å². The van der Waals surface area contributed by atoms with Crippen molar-refractivity contribution in [3.63, 3.8) is 0 Å². The first kappa shape index (κ1) is 71.7. The Balaban J connectivity index is 2.08. The Kier molecular flexibility index (Phi) is 41.8. The molecular formula is C62H110N2O15. The fourth-order valence-electron chi connectivity index (χ4n) is 10.4. The second kappa shape index (κ2) is 46.1. The Morgan fingerprint density at radius 2 is 1.05 bits per heavy atom. The molecule has 1 aromatic rings. The summed E-state index contributed by atoms with van der Waals surface area (Å²) in [5.41, 5.74) is -1.84. The second-order valence-electron chi connectivity index (χ2n) is 22.2. The summed E-state index contributed by atoms with van der Waals surface area (Å²) >= 11 is 0. The number of hydrogen-bond acceptors (Lipinski definition) is 15. The number of rotatable bonds is 49. The predicted molar refractivity (Wildman–Crippen MR) is 307 cm³/mol. The van der Waals surface area contributed by atoms with Crippen molar-refractivity contribution in [2.24, 2.45) is 0 Å². The van der Waals surface area contributed by atoms with Crippen LogP contribution in [0, 0.1) is 0 Å². The number of amides is 2. The summed E-state index contributed by atoms with van der Waals surface area (Å²) in [6, 6.07) is 6.86. The minimum atomic E-state index is -2.52. The first-order valence-electron chi connectivity index (χ1n) is 31.2. The molecule has 1 saturated heterocycles. The molecule has 2 amide bonds. The van der Waals surface area contributed by atoms with Gasteiger partial charge in [0.1, 0.15) is 49.7 Å². The minimum Gasteiger partial charge on any atom is -0.451 e. The third-order valence-corrected chi connectivity index (χ3v) is 15.5. The van der Waals surface area contributed by atoms with E-state index >= 15 is 0 Å². The van der Waals surface area contributed by atoms with E-state index in [0.717, 1.165) is 58.5 Å². The topological polar surface area (TPSA) is 251 Å². The van der Waals surface area contributed by atoms with E-state index in [0.29, 0.717) is 31.2 Å². The Labute approximate surface area is 475 Å². The molecule has 0 aromatic heterocycles. The number of aliphatic hydroxyl groups excluding tert-OH is 5. The molecule has 1 aliphatic heterocycles. The summed E-state index contributed by atoms with van der Waals surface area (Å²) < 4.78 is 21.4. The highest BCUT2D eigenvalue weighted by Gasteiger charge is 2.51. The maximum absolute atomic E-state index is 14.4. The van der Waals surface area contributed by atoms with E-state index < -0.39 is 92.2 Å². The maximum atomic E-state index is 14.4. The molecule has 0 unspecified atom stereocenters. The van der Waals surface area contributed by atoms with Crippen LogP contribution in [0.2, 0.25) is 0 Å². The number of unbranched alkanes of at least 4 members (excludes halogenated alkanes) is 33. The summed E-state index contributed by atoms with van der Waals surface area (Å²) in [5, 5.41) is 69.0. The molecule has 0 spiro atoms. The van der Waals surface area contributed by atoms with Gasteiger partial charge in [0.25, 0.3) is 0 Å². The van der Waals surface area contributed by atoms with Gasteiger partial charge in [-0.3, -0.25) is 4.79 Å². The van der Waals surface area contributed by atoms with E-state index in [2.05, 4.69) is 19.2 Å². The smallest absolute Gasteiger partial charge is 0.443 e. The average Bonchev–Trinajstić information content (AvgIpc) is 3.46. The highest BCUT2D eigenvalue weighted by Crippen LogP contribution is 2.31. The number of Topliss-reactive ketones (excluding diaryl/α,β-unsaturated/α-hetero) is 1. The molecule has 458 valence electrons. The van der Waals surface area contributed by atoms with E-state index in [-0.39, 0.29) is 24.5 Å². The monoisotopic (exact) mass is 1120 g/mol. The molecule has 17 nitrogen and oxygen atoms in total. The van der Waals surface area contributed by atoms with Crippen LogP contribution in [0.25, 0.3) is 0 Å². The van der Waals surface area contributed by atoms with Gasteiger partial charge in [0.2, 0.25) is 0 Å². The van der Waals surface area contributed by atoms with Crippen molar-refractivity contribution in [3.8, 4) is 0 Å². The van der Waals surface area contributed by atoms with Gasteiger partial charge in [-0.05, 0) is 18.4 Å². The van der Waals surface area contributed by atoms with Gasteiger partial charge in [-0.25, -0.2) is 14.4 Å². The lowest BCUT2D eigenvalue weighted by Crippen LogP contribution is -2.63. The molecule has 7 N–H and O–H groups in total. The number of carbonyl (C=O) groups is 4. The van der Waals surface area contributed by atoms with Gasteiger partial charge in [0.05, 0.1) is 20.3 Å². The molecule has 1 aliphatic rings. The molecule has 2 rings (SSSR count). The first-order valence-corrected chi connectivity index (χ1v) is 31.2. The fraction of sp³-hybridized carbons (Fsp3) is 0.839. The third-order valence-electron chi connectivity index (χ3n) is 15.5. The van der Waals surface area contributed by atoms with Crippen molar-refractivity contribution >= 4 is 23.9 Å². The largest absolute Gasteiger partial charge is 0.451 e. The number of nitrogens with one attached hydrogen (secondary N) is 1. The number of methoxy groups -OCH3 is 1. The molecule has 0 saturated carbocycles. The molecule has 0 aliphatic carbocycles. The SMILES string of the molecule is CCCCCCCCCCCCCCCCCCCCCCCCCC(=O)[C@@](O)(CCCCCCCCCCCCCC)[C@@H](O)[C@H](CO[C@H]1O[C@H](CO)[C@H](O)[C@H](O)[C@H]1O)N(OC(=O)CNC(=O)OCc1ccccc1)C(=O)OC. The standard InChI is InChI=1S/C62H110N2O15/c1-4-6-8-10-12-14-16-18-19-20-21-22-23-24-25-26-27-28-29-31-33-35-40-44-53(66)62(74,45-41-36-34-32-30-17-15-13-11-9-7-5-2)58(71)51(49-76-59-57(70)56(69)55(68)52(47-65)78-59)64(61(73)75-3)79-54(67)46-63-60(72)77-48-50-42-38-37-39-43-50/h37-39,42-43,51-52,55-59,65,68-71,74H,4-36,40-41,44-49H2,1-3H3,(H,63,72)/t51-,52+,55-,56-,57+,58-,59-,62-/m0/s1. The van der Waals surface area contributed by atoms with Crippen LogP contribution in [0.3, 0.4) is 0 Å². The normalized spacial score (nSPS) is 18.8. The summed E-state index contributed by atoms with van der Waals surface area (Å²) in [5.74, 6) is -1.93. The van der Waals surface area contributed by atoms with Crippen LogP contribution in [0.1, 0.15) is 257 Å². The molecule has 8 atom stereocenters.